The minimum absolute atomic E-state index is 0.142. The summed E-state index contributed by atoms with van der Waals surface area (Å²) in [6, 6.07) is 13.0. The molecule has 2 aliphatic heterocycles. The van der Waals surface area contributed by atoms with Gasteiger partial charge in [0.15, 0.2) is 0 Å². The van der Waals surface area contributed by atoms with Crippen LogP contribution in [-0.2, 0) is 0 Å². The Bertz CT molecular complexity index is 1240. The molecule has 4 aliphatic rings. The fraction of sp³-hybridized carbons (Fsp3) is 0.533. The first-order valence-corrected chi connectivity index (χ1v) is 14.0. The molecule has 0 N–H and O–H groups in total. The number of hydrogen-bond donors (Lipinski definition) is 0. The van der Waals surface area contributed by atoms with E-state index in [1.54, 1.807) is 0 Å². The van der Waals surface area contributed by atoms with Crippen LogP contribution in [-0.4, -0.2) is 63.6 Å². The molecule has 2 saturated heterocycles. The molecule has 0 radical (unpaired) electrons. The van der Waals surface area contributed by atoms with Gasteiger partial charge in [0.05, 0.1) is 11.7 Å². The highest BCUT2D eigenvalue weighted by atomic mass is 16.5. The van der Waals surface area contributed by atoms with Crippen molar-refractivity contribution in [3.8, 4) is 11.6 Å². The van der Waals surface area contributed by atoms with Crippen LogP contribution >= 0.6 is 0 Å². The topological polar surface area (TPSA) is 50.6 Å². The third-order valence-electron chi connectivity index (χ3n) is 9.25. The number of pyridine rings is 1. The third-order valence-corrected chi connectivity index (χ3v) is 9.25. The van der Waals surface area contributed by atoms with E-state index in [-0.39, 0.29) is 12.0 Å². The van der Waals surface area contributed by atoms with Crippen molar-refractivity contribution in [2.24, 2.45) is 11.8 Å². The van der Waals surface area contributed by atoms with Crippen LogP contribution in [0.5, 0.6) is 5.75 Å². The number of fused-ring (bicyclic) bond motifs is 3. The van der Waals surface area contributed by atoms with E-state index in [0.29, 0.717) is 0 Å². The number of carbonyl (C=O) groups is 1. The lowest BCUT2D eigenvalue weighted by molar-refractivity contribution is 0.0568. The first kappa shape index (κ1) is 22.3. The summed E-state index contributed by atoms with van der Waals surface area (Å²) in [4.78, 5) is 22.2. The van der Waals surface area contributed by atoms with Gasteiger partial charge < -0.3 is 14.2 Å². The summed E-state index contributed by atoms with van der Waals surface area (Å²) in [6.45, 7) is 4.08. The molecule has 2 saturated carbocycles. The maximum atomic E-state index is 12.8. The van der Waals surface area contributed by atoms with E-state index in [9.17, 15) is 4.79 Å². The molecular weight excluding hydrogens is 448 g/mol. The summed E-state index contributed by atoms with van der Waals surface area (Å²) < 4.78 is 8.42. The number of ether oxygens (including phenoxy) is 1. The number of rotatable bonds is 5. The molecule has 4 fully saturated rings. The molecular formula is C30H36N4O2. The summed E-state index contributed by atoms with van der Waals surface area (Å²) in [5.41, 5.74) is 1.83. The Morgan fingerprint density at radius 1 is 0.917 bits per heavy atom. The normalized spacial score (nSPS) is 26.8. The van der Waals surface area contributed by atoms with Crippen LogP contribution in [0.15, 0.2) is 48.8 Å². The molecule has 1 unspecified atom stereocenters. The number of likely N-dealkylation sites (tertiary alicyclic amines) is 2. The Morgan fingerprint density at radius 3 is 2.50 bits per heavy atom. The molecule has 2 aliphatic carbocycles. The van der Waals surface area contributed by atoms with Crippen LogP contribution in [0, 0.1) is 11.8 Å². The van der Waals surface area contributed by atoms with Gasteiger partial charge in [-0.2, -0.15) is 0 Å². The van der Waals surface area contributed by atoms with Crippen LogP contribution in [0.3, 0.4) is 0 Å². The van der Waals surface area contributed by atoms with Crippen LogP contribution in [0.25, 0.3) is 16.7 Å². The fourth-order valence-electron chi connectivity index (χ4n) is 7.34. The molecule has 6 nitrogen and oxygen atoms in total. The van der Waals surface area contributed by atoms with Crippen LogP contribution in [0.1, 0.15) is 61.7 Å². The van der Waals surface area contributed by atoms with Gasteiger partial charge in [0.2, 0.25) is 0 Å². The zero-order chi connectivity index (χ0) is 24.1. The molecule has 7 rings (SSSR count). The third kappa shape index (κ3) is 4.09. The molecule has 3 atom stereocenters. The van der Waals surface area contributed by atoms with Crippen LogP contribution in [0.2, 0.25) is 0 Å². The smallest absolute Gasteiger partial charge is 0.253 e. The molecule has 4 heterocycles. The van der Waals surface area contributed by atoms with E-state index < -0.39 is 0 Å². The predicted molar refractivity (Wildman–Crippen MR) is 141 cm³/mol. The van der Waals surface area contributed by atoms with E-state index in [4.69, 9.17) is 9.72 Å². The van der Waals surface area contributed by atoms with Gasteiger partial charge in [-0.3, -0.25) is 9.69 Å². The lowest BCUT2D eigenvalue weighted by Crippen LogP contribution is -2.46. The standard InChI is InChI=1S/C30H36N4O2/c35-30(33-12-1-2-13-33)24-5-7-27-23(19-24)9-16-34(27)29-8-6-26(20-31-29)36-25-10-14-32(15-11-25)28-18-21-3-4-22(28)17-21/h5-9,16,19-22,25,28H,1-4,10-15,17-18H2/t21-,22+,28?/m1/s1. The van der Waals surface area contributed by atoms with Gasteiger partial charge in [-0.15, -0.1) is 0 Å². The van der Waals surface area contributed by atoms with E-state index in [1.165, 1.54) is 38.8 Å². The highest BCUT2D eigenvalue weighted by molar-refractivity contribution is 5.98. The predicted octanol–water partition coefficient (Wildman–Crippen LogP) is 5.29. The van der Waals surface area contributed by atoms with Crippen molar-refractivity contribution in [2.75, 3.05) is 26.2 Å². The first-order chi connectivity index (χ1) is 17.7. The second kappa shape index (κ2) is 9.22. The van der Waals surface area contributed by atoms with Gasteiger partial charge in [-0.1, -0.05) is 6.42 Å². The van der Waals surface area contributed by atoms with Gasteiger partial charge in [0.25, 0.3) is 5.91 Å². The van der Waals surface area contributed by atoms with Crippen LogP contribution in [0.4, 0.5) is 0 Å². The quantitative estimate of drug-likeness (QED) is 0.494. The zero-order valence-corrected chi connectivity index (χ0v) is 21.0. The van der Waals surface area contributed by atoms with E-state index >= 15 is 0 Å². The summed E-state index contributed by atoms with van der Waals surface area (Å²) >= 11 is 0. The monoisotopic (exact) mass is 484 g/mol. The van der Waals surface area contributed by atoms with Crippen molar-refractivity contribution in [2.45, 2.75) is 63.5 Å². The number of hydrogen-bond acceptors (Lipinski definition) is 4. The van der Waals surface area contributed by atoms with Gasteiger partial charge in [-0.05, 0) is 93.2 Å². The summed E-state index contributed by atoms with van der Waals surface area (Å²) in [5.74, 6) is 3.83. The number of benzene rings is 1. The Hall–Kier alpha value is -2.86. The van der Waals surface area contributed by atoms with Crippen LogP contribution < -0.4 is 4.74 Å². The maximum absolute atomic E-state index is 12.8. The SMILES string of the molecule is O=C(c1ccc2c(ccn2-c2ccc(OC3CCN(C4C[C@@H]5CC[C@H]4C5)CC3)cn2)c1)N1CCCC1. The van der Waals surface area contributed by atoms with Gasteiger partial charge in [-0.25, -0.2) is 4.98 Å². The van der Waals surface area contributed by atoms with Gasteiger partial charge >= 0.3 is 0 Å². The van der Waals surface area contributed by atoms with Gasteiger partial charge in [0, 0.05) is 49.4 Å². The molecule has 6 heteroatoms. The molecule has 0 spiro atoms. The Kier molecular flexibility index (Phi) is 5.72. The lowest BCUT2D eigenvalue weighted by atomic mass is 9.92. The van der Waals surface area contributed by atoms with Crippen molar-refractivity contribution >= 4 is 16.8 Å². The van der Waals surface area contributed by atoms with Crippen molar-refractivity contribution < 1.29 is 9.53 Å². The molecule has 2 bridgehead atoms. The molecule has 36 heavy (non-hydrogen) atoms. The maximum Gasteiger partial charge on any atom is 0.253 e. The summed E-state index contributed by atoms with van der Waals surface area (Å²) in [6.07, 6.45) is 14.4. The summed E-state index contributed by atoms with van der Waals surface area (Å²) in [7, 11) is 0. The highest BCUT2D eigenvalue weighted by Crippen LogP contribution is 2.47. The average Bonchev–Trinajstić information content (AvgIpc) is 3.73. The molecule has 3 aromatic rings. The van der Waals surface area contributed by atoms with E-state index in [0.717, 1.165) is 84.7 Å². The Labute approximate surface area is 213 Å². The fourth-order valence-corrected chi connectivity index (χ4v) is 7.34. The van der Waals surface area contributed by atoms with Crippen molar-refractivity contribution in [3.05, 3.63) is 54.4 Å². The van der Waals surface area contributed by atoms with E-state index in [2.05, 4.69) is 15.5 Å². The average molecular weight is 485 g/mol. The number of amides is 1. The Balaban J connectivity index is 0.988. The molecule has 2 aromatic heterocycles. The van der Waals surface area contributed by atoms with Crippen molar-refractivity contribution in [1.82, 2.24) is 19.4 Å². The number of aromatic nitrogens is 2. The van der Waals surface area contributed by atoms with Crippen molar-refractivity contribution in [1.29, 1.82) is 0 Å². The number of carbonyl (C=O) groups excluding carboxylic acids is 1. The Morgan fingerprint density at radius 2 is 1.78 bits per heavy atom. The second-order valence-electron chi connectivity index (χ2n) is 11.4. The van der Waals surface area contributed by atoms with Gasteiger partial charge in [0.1, 0.15) is 17.7 Å². The zero-order valence-electron chi connectivity index (χ0n) is 21.0. The first-order valence-electron chi connectivity index (χ1n) is 14.0. The minimum Gasteiger partial charge on any atom is -0.489 e. The summed E-state index contributed by atoms with van der Waals surface area (Å²) in [5, 5.41) is 1.06. The minimum atomic E-state index is 0.142. The molecule has 188 valence electrons. The highest BCUT2D eigenvalue weighted by Gasteiger charge is 2.43. The molecule has 1 amide bonds. The van der Waals surface area contributed by atoms with Crippen molar-refractivity contribution in [3.63, 3.8) is 0 Å². The largest absolute Gasteiger partial charge is 0.489 e. The number of nitrogens with zero attached hydrogens (tertiary/aromatic N) is 4. The lowest BCUT2D eigenvalue weighted by Gasteiger charge is -2.39. The number of piperidine rings is 1. The van der Waals surface area contributed by atoms with E-state index in [1.807, 2.05) is 47.6 Å². The molecule has 1 aromatic carbocycles. The second-order valence-corrected chi connectivity index (χ2v) is 11.4.